The second-order valence-electron chi connectivity index (χ2n) is 4.29. The fourth-order valence-corrected chi connectivity index (χ4v) is 1.98. The average molecular weight is 232 g/mol. The van der Waals surface area contributed by atoms with Gasteiger partial charge in [-0.1, -0.05) is 24.3 Å². The van der Waals surface area contributed by atoms with Crippen molar-refractivity contribution >= 4 is 5.69 Å². The van der Waals surface area contributed by atoms with Gasteiger partial charge in [0.15, 0.2) is 0 Å². The summed E-state index contributed by atoms with van der Waals surface area (Å²) >= 11 is 0. The summed E-state index contributed by atoms with van der Waals surface area (Å²) in [7, 11) is 0. The first kappa shape index (κ1) is 11.8. The van der Waals surface area contributed by atoms with E-state index in [1.807, 2.05) is 12.1 Å². The van der Waals surface area contributed by atoms with Crippen LogP contribution in [-0.2, 0) is 6.54 Å². The van der Waals surface area contributed by atoms with Crippen LogP contribution in [0.1, 0.15) is 24.8 Å². The molecule has 0 spiro atoms. The van der Waals surface area contributed by atoms with Crippen molar-refractivity contribution in [2.24, 2.45) is 0 Å². The molecular formula is C13H16N2O2. The molecule has 1 unspecified atom stereocenters. The lowest BCUT2D eigenvalue weighted by Gasteiger charge is -2.19. The predicted molar refractivity (Wildman–Crippen MR) is 66.7 cm³/mol. The predicted octanol–water partition coefficient (Wildman–Crippen LogP) is 2.79. The van der Waals surface area contributed by atoms with E-state index < -0.39 is 0 Å². The van der Waals surface area contributed by atoms with Gasteiger partial charge in [0.2, 0.25) is 0 Å². The molecule has 0 aromatic heterocycles. The fourth-order valence-electron chi connectivity index (χ4n) is 1.98. The number of rotatable bonds is 4. The number of nitrogens with zero attached hydrogens (tertiary/aromatic N) is 1. The van der Waals surface area contributed by atoms with Crippen LogP contribution in [0.5, 0.6) is 0 Å². The fraction of sp³-hybridized carbons (Fsp3) is 0.385. The summed E-state index contributed by atoms with van der Waals surface area (Å²) < 4.78 is 0. The van der Waals surface area contributed by atoms with Gasteiger partial charge in [0.1, 0.15) is 0 Å². The van der Waals surface area contributed by atoms with Gasteiger partial charge in [-0.3, -0.25) is 10.1 Å². The van der Waals surface area contributed by atoms with Crippen molar-refractivity contribution in [3.05, 3.63) is 52.1 Å². The highest BCUT2D eigenvalue weighted by Crippen LogP contribution is 2.14. The third kappa shape index (κ3) is 3.39. The molecule has 1 N–H and O–H groups in total. The topological polar surface area (TPSA) is 55.2 Å². The highest BCUT2D eigenvalue weighted by atomic mass is 16.6. The summed E-state index contributed by atoms with van der Waals surface area (Å²) in [6.45, 7) is 0.774. The highest BCUT2D eigenvalue weighted by Gasteiger charge is 2.09. The van der Waals surface area contributed by atoms with E-state index in [-0.39, 0.29) is 10.6 Å². The van der Waals surface area contributed by atoms with Crippen LogP contribution in [0.15, 0.2) is 36.4 Å². The molecule has 90 valence electrons. The maximum absolute atomic E-state index is 10.5. The zero-order valence-electron chi connectivity index (χ0n) is 9.63. The van der Waals surface area contributed by atoms with Gasteiger partial charge >= 0.3 is 0 Å². The molecule has 0 bridgehead atoms. The number of non-ortho nitro benzene ring substituents is 1. The Morgan fingerprint density at radius 1 is 1.29 bits per heavy atom. The maximum Gasteiger partial charge on any atom is 0.269 e. The van der Waals surface area contributed by atoms with Crippen LogP contribution < -0.4 is 5.32 Å². The largest absolute Gasteiger partial charge is 0.310 e. The van der Waals surface area contributed by atoms with E-state index >= 15 is 0 Å². The van der Waals surface area contributed by atoms with Gasteiger partial charge in [-0.15, -0.1) is 0 Å². The molecule has 1 aromatic rings. The Hall–Kier alpha value is -1.68. The van der Waals surface area contributed by atoms with Crippen LogP contribution in [-0.4, -0.2) is 11.0 Å². The van der Waals surface area contributed by atoms with Gasteiger partial charge in [-0.05, 0) is 24.8 Å². The van der Waals surface area contributed by atoms with E-state index in [1.54, 1.807) is 12.1 Å². The summed E-state index contributed by atoms with van der Waals surface area (Å²) in [5.41, 5.74) is 1.24. The van der Waals surface area contributed by atoms with Crippen LogP contribution in [0.3, 0.4) is 0 Å². The summed E-state index contributed by atoms with van der Waals surface area (Å²) in [6, 6.07) is 7.26. The lowest BCUT2D eigenvalue weighted by Crippen LogP contribution is -2.29. The van der Waals surface area contributed by atoms with Crippen LogP contribution >= 0.6 is 0 Å². The molecule has 1 aromatic carbocycles. The van der Waals surface area contributed by atoms with E-state index in [9.17, 15) is 10.1 Å². The summed E-state index contributed by atoms with van der Waals surface area (Å²) in [5, 5.41) is 14.0. The van der Waals surface area contributed by atoms with Gasteiger partial charge in [0, 0.05) is 24.7 Å². The normalized spacial score (nSPS) is 19.2. The molecule has 4 nitrogen and oxygen atoms in total. The van der Waals surface area contributed by atoms with Crippen molar-refractivity contribution < 1.29 is 4.92 Å². The van der Waals surface area contributed by atoms with Crippen molar-refractivity contribution in [3.63, 3.8) is 0 Å². The van der Waals surface area contributed by atoms with Gasteiger partial charge in [0.05, 0.1) is 4.92 Å². The molecule has 2 rings (SSSR count). The Balaban J connectivity index is 1.86. The minimum Gasteiger partial charge on any atom is -0.310 e. The second kappa shape index (κ2) is 5.59. The van der Waals surface area contributed by atoms with Crippen LogP contribution in [0.25, 0.3) is 0 Å². The maximum atomic E-state index is 10.5. The number of hydrogen-bond acceptors (Lipinski definition) is 3. The standard InChI is InChI=1S/C13H16N2O2/c16-15(17)13-8-6-11(7-9-13)10-14-12-4-2-1-3-5-12/h1-2,6-9,12,14H,3-5,10H2. The van der Waals surface area contributed by atoms with Crippen LogP contribution in [0, 0.1) is 10.1 Å². The number of nitrogens with one attached hydrogen (secondary N) is 1. The van der Waals surface area contributed by atoms with E-state index in [2.05, 4.69) is 17.5 Å². The summed E-state index contributed by atoms with van der Waals surface area (Å²) in [5.74, 6) is 0. The van der Waals surface area contributed by atoms with Gasteiger partial charge in [-0.25, -0.2) is 0 Å². The number of hydrogen-bond donors (Lipinski definition) is 1. The molecule has 0 saturated carbocycles. The number of benzene rings is 1. The Bertz CT molecular complexity index is 412. The number of nitro groups is 1. The lowest BCUT2D eigenvalue weighted by molar-refractivity contribution is -0.384. The second-order valence-corrected chi connectivity index (χ2v) is 4.29. The quantitative estimate of drug-likeness (QED) is 0.493. The summed E-state index contributed by atoms with van der Waals surface area (Å²) in [4.78, 5) is 10.1. The lowest BCUT2D eigenvalue weighted by atomic mass is 10.0. The SMILES string of the molecule is O=[N+]([O-])c1ccc(CNC2CC=CCC2)cc1. The minimum absolute atomic E-state index is 0.148. The zero-order valence-corrected chi connectivity index (χ0v) is 9.63. The van der Waals surface area contributed by atoms with E-state index in [1.165, 1.54) is 6.42 Å². The number of nitro benzene ring substituents is 1. The van der Waals surface area contributed by atoms with Crippen LogP contribution in [0.2, 0.25) is 0 Å². The van der Waals surface area contributed by atoms with Crippen molar-refractivity contribution in [2.75, 3.05) is 0 Å². The van der Waals surface area contributed by atoms with Crippen molar-refractivity contribution in [2.45, 2.75) is 31.8 Å². The monoisotopic (exact) mass is 232 g/mol. The van der Waals surface area contributed by atoms with E-state index in [0.29, 0.717) is 6.04 Å². The highest BCUT2D eigenvalue weighted by molar-refractivity contribution is 5.32. The van der Waals surface area contributed by atoms with Gasteiger partial charge in [0.25, 0.3) is 5.69 Å². The molecule has 4 heteroatoms. The van der Waals surface area contributed by atoms with Crippen molar-refractivity contribution in [3.8, 4) is 0 Å². The molecular weight excluding hydrogens is 216 g/mol. The van der Waals surface area contributed by atoms with Crippen molar-refractivity contribution in [1.29, 1.82) is 0 Å². The molecule has 0 radical (unpaired) electrons. The smallest absolute Gasteiger partial charge is 0.269 e. The summed E-state index contributed by atoms with van der Waals surface area (Å²) in [6.07, 6.45) is 7.80. The zero-order chi connectivity index (χ0) is 12.1. The average Bonchev–Trinajstić information content (AvgIpc) is 2.38. The van der Waals surface area contributed by atoms with Gasteiger partial charge in [-0.2, -0.15) is 0 Å². The molecule has 0 fully saturated rings. The Morgan fingerprint density at radius 3 is 2.65 bits per heavy atom. The molecule has 17 heavy (non-hydrogen) atoms. The molecule has 0 saturated heterocycles. The first-order chi connectivity index (χ1) is 8.25. The first-order valence-corrected chi connectivity index (χ1v) is 5.87. The van der Waals surface area contributed by atoms with Crippen LogP contribution in [0.4, 0.5) is 5.69 Å². The van der Waals surface area contributed by atoms with Gasteiger partial charge < -0.3 is 5.32 Å². The number of allylic oxidation sites excluding steroid dienone is 1. The minimum atomic E-state index is -0.372. The van der Waals surface area contributed by atoms with E-state index in [4.69, 9.17) is 0 Å². The van der Waals surface area contributed by atoms with E-state index in [0.717, 1.165) is 24.9 Å². The third-order valence-corrected chi connectivity index (χ3v) is 3.01. The molecule has 0 heterocycles. The molecule has 1 aliphatic rings. The van der Waals surface area contributed by atoms with Crippen molar-refractivity contribution in [1.82, 2.24) is 5.32 Å². The third-order valence-electron chi connectivity index (χ3n) is 3.01. The Kier molecular flexibility index (Phi) is 3.88. The molecule has 0 aliphatic heterocycles. The Labute approximate surface area is 100 Å². The molecule has 1 aliphatic carbocycles. The Morgan fingerprint density at radius 2 is 2.06 bits per heavy atom. The molecule has 1 atom stereocenters. The first-order valence-electron chi connectivity index (χ1n) is 5.87. The molecule has 0 amide bonds.